The second-order valence-corrected chi connectivity index (χ2v) is 7.99. The Labute approximate surface area is 174 Å². The zero-order valence-electron chi connectivity index (χ0n) is 17.0. The first kappa shape index (κ1) is 21.8. The second-order valence-electron chi connectivity index (χ2n) is 7.99. The molecule has 1 aromatic carbocycles. The Morgan fingerprint density at radius 2 is 1.87 bits per heavy atom. The predicted molar refractivity (Wildman–Crippen MR) is 107 cm³/mol. The van der Waals surface area contributed by atoms with E-state index in [4.69, 9.17) is 0 Å². The predicted octanol–water partition coefficient (Wildman–Crippen LogP) is 1.49. The van der Waals surface area contributed by atoms with Gasteiger partial charge in [0.1, 0.15) is 13.1 Å². The van der Waals surface area contributed by atoms with Gasteiger partial charge in [0.2, 0.25) is 5.91 Å². The number of likely N-dealkylation sites (tertiary alicyclic amines) is 1. The van der Waals surface area contributed by atoms with Crippen molar-refractivity contribution < 1.29 is 28.9 Å². The molecule has 0 saturated carbocycles. The molecule has 2 unspecified atom stereocenters. The molecular formula is C20H27N4O6+. The van der Waals surface area contributed by atoms with Gasteiger partial charge in [-0.1, -0.05) is 18.2 Å². The number of quaternary nitrogens is 1. The zero-order chi connectivity index (χ0) is 21.9. The molecule has 0 aromatic heterocycles. The number of para-hydroxylation sites is 1. The van der Waals surface area contributed by atoms with Gasteiger partial charge in [0.25, 0.3) is 5.69 Å². The maximum atomic E-state index is 13.2. The van der Waals surface area contributed by atoms with Crippen molar-refractivity contribution in [2.75, 3.05) is 39.3 Å². The molecule has 2 fully saturated rings. The van der Waals surface area contributed by atoms with Crippen LogP contribution in [0, 0.1) is 10.1 Å². The Kier molecular flexibility index (Phi) is 6.47. The highest BCUT2D eigenvalue weighted by atomic mass is 16.6. The van der Waals surface area contributed by atoms with Gasteiger partial charge in [-0.15, -0.1) is 0 Å². The summed E-state index contributed by atoms with van der Waals surface area (Å²) >= 11 is 0. The van der Waals surface area contributed by atoms with Gasteiger partial charge in [-0.3, -0.25) is 14.9 Å². The molecule has 0 spiro atoms. The lowest BCUT2D eigenvalue weighted by atomic mass is 10.0. The fraction of sp³-hybridized carbons (Fsp3) is 0.550. The maximum Gasteiger partial charge on any atom is 0.521 e. The van der Waals surface area contributed by atoms with Gasteiger partial charge in [-0.2, -0.15) is 9.28 Å². The summed E-state index contributed by atoms with van der Waals surface area (Å²) in [5.74, 6) is -0.750. The van der Waals surface area contributed by atoms with E-state index in [1.54, 1.807) is 11.0 Å². The molecule has 0 bridgehead atoms. The number of carbonyl (C=O) groups is 3. The van der Waals surface area contributed by atoms with E-state index in [0.29, 0.717) is 6.54 Å². The van der Waals surface area contributed by atoms with Crippen LogP contribution in [0.4, 0.5) is 10.5 Å². The lowest BCUT2D eigenvalue weighted by Crippen LogP contribution is -2.70. The molecule has 2 atom stereocenters. The van der Waals surface area contributed by atoms with Crippen LogP contribution in [0.2, 0.25) is 0 Å². The third-order valence-electron chi connectivity index (χ3n) is 6.13. The van der Waals surface area contributed by atoms with Crippen molar-refractivity contribution in [1.82, 2.24) is 9.80 Å². The van der Waals surface area contributed by atoms with Crippen LogP contribution in [0.15, 0.2) is 24.3 Å². The molecule has 3 rings (SSSR count). The van der Waals surface area contributed by atoms with Crippen molar-refractivity contribution >= 4 is 23.6 Å². The molecule has 0 radical (unpaired) electrons. The molecule has 2 heterocycles. The highest BCUT2D eigenvalue weighted by Gasteiger charge is 2.52. The van der Waals surface area contributed by atoms with E-state index >= 15 is 0 Å². The molecule has 2 saturated heterocycles. The normalized spacial score (nSPS) is 24.6. The summed E-state index contributed by atoms with van der Waals surface area (Å²) in [6, 6.07) is 5.47. The number of rotatable bonds is 5. The van der Waals surface area contributed by atoms with Crippen LogP contribution in [0.25, 0.3) is 0 Å². The number of benzene rings is 1. The Morgan fingerprint density at radius 3 is 2.47 bits per heavy atom. The van der Waals surface area contributed by atoms with Gasteiger partial charge in [0.05, 0.1) is 23.9 Å². The number of amides is 3. The van der Waals surface area contributed by atoms with Gasteiger partial charge in [-0.05, 0) is 25.9 Å². The number of nitro benzene ring substituents is 1. The van der Waals surface area contributed by atoms with Crippen molar-refractivity contribution in [2.24, 2.45) is 0 Å². The Balaban J connectivity index is 1.87. The highest BCUT2D eigenvalue weighted by molar-refractivity contribution is 5.83. The second kappa shape index (κ2) is 8.88. The van der Waals surface area contributed by atoms with Crippen molar-refractivity contribution in [2.45, 2.75) is 32.2 Å². The van der Waals surface area contributed by atoms with Crippen LogP contribution >= 0.6 is 0 Å². The van der Waals surface area contributed by atoms with Crippen LogP contribution in [-0.2, 0) is 16.0 Å². The van der Waals surface area contributed by atoms with Crippen LogP contribution in [-0.4, -0.2) is 87.5 Å². The van der Waals surface area contributed by atoms with Gasteiger partial charge < -0.3 is 14.9 Å². The summed E-state index contributed by atoms with van der Waals surface area (Å²) in [5.41, 5.74) is -0.0123. The minimum Gasteiger partial charge on any atom is -0.435 e. The van der Waals surface area contributed by atoms with E-state index < -0.39 is 27.4 Å². The zero-order valence-corrected chi connectivity index (χ0v) is 17.0. The lowest BCUT2D eigenvalue weighted by molar-refractivity contribution is -0.791. The molecule has 30 heavy (non-hydrogen) atoms. The molecule has 10 nitrogen and oxygen atoms in total. The Hall–Kier alpha value is -2.85. The van der Waals surface area contributed by atoms with E-state index in [1.165, 1.54) is 25.1 Å². The summed E-state index contributed by atoms with van der Waals surface area (Å²) in [5, 5.41) is 21.3. The number of imide groups is 1. The lowest BCUT2D eigenvalue weighted by Gasteiger charge is -2.44. The number of carbonyl (C=O) groups excluding carboxylic acids is 2. The number of nitrogens with zero attached hydrogens (tertiary/aromatic N) is 4. The Morgan fingerprint density at radius 1 is 1.20 bits per heavy atom. The van der Waals surface area contributed by atoms with Crippen molar-refractivity contribution in [3.05, 3.63) is 39.9 Å². The van der Waals surface area contributed by atoms with Gasteiger partial charge in [-0.25, -0.2) is 4.79 Å². The molecule has 10 heteroatoms. The highest BCUT2D eigenvalue weighted by Crippen LogP contribution is 2.26. The molecule has 2 aliphatic heterocycles. The monoisotopic (exact) mass is 419 g/mol. The molecule has 162 valence electrons. The Bertz CT molecular complexity index is 853. The largest absolute Gasteiger partial charge is 0.521 e. The number of hydrogen-bond acceptors (Lipinski definition) is 6. The fourth-order valence-electron chi connectivity index (χ4n) is 4.50. The average molecular weight is 419 g/mol. The van der Waals surface area contributed by atoms with Gasteiger partial charge >= 0.3 is 12.0 Å². The first-order valence-corrected chi connectivity index (χ1v) is 10.1. The van der Waals surface area contributed by atoms with Crippen molar-refractivity contribution in [3.8, 4) is 0 Å². The number of hydrogen-bond donors (Lipinski definition) is 1. The van der Waals surface area contributed by atoms with Crippen molar-refractivity contribution in [3.63, 3.8) is 0 Å². The topological polar surface area (TPSA) is 121 Å². The molecule has 1 N–H and O–H groups in total. The van der Waals surface area contributed by atoms with E-state index in [-0.39, 0.29) is 43.2 Å². The van der Waals surface area contributed by atoms with Crippen LogP contribution in [0.1, 0.15) is 25.3 Å². The first-order chi connectivity index (χ1) is 14.2. The standard InChI is InChI=1S/C20H26N4O6/c1-15(25)22-10-11-24(20(27)28,14-17(22)13-21-8-4-5-9-21)19(26)12-16-6-2-3-7-18(16)23(29)30/h2-3,6-7,17H,4-5,8-14H2,1H3/p+1. The smallest absolute Gasteiger partial charge is 0.435 e. The van der Waals surface area contributed by atoms with Crippen LogP contribution in [0.5, 0.6) is 0 Å². The summed E-state index contributed by atoms with van der Waals surface area (Å²) in [7, 11) is 0. The number of carboxylic acid groups (broad SMARTS) is 1. The summed E-state index contributed by atoms with van der Waals surface area (Å²) in [6.45, 7) is 3.82. The van der Waals surface area contributed by atoms with Crippen molar-refractivity contribution in [1.29, 1.82) is 0 Å². The SMILES string of the molecule is CC(=O)N1CC[N+](C(=O)O)(C(=O)Cc2ccccc2[N+](=O)[O-])CC1CN1CCCC1. The molecule has 2 aliphatic rings. The summed E-state index contributed by atoms with van der Waals surface area (Å²) in [4.78, 5) is 52.2. The van der Waals surface area contributed by atoms with E-state index in [0.717, 1.165) is 25.9 Å². The maximum absolute atomic E-state index is 13.2. The van der Waals surface area contributed by atoms with E-state index in [2.05, 4.69) is 4.90 Å². The molecule has 1 aromatic rings. The quantitative estimate of drug-likeness (QED) is 0.436. The number of piperazine rings is 1. The van der Waals surface area contributed by atoms with E-state index in [1.807, 2.05) is 0 Å². The molecular weight excluding hydrogens is 392 g/mol. The minimum atomic E-state index is -1.28. The fourth-order valence-corrected chi connectivity index (χ4v) is 4.50. The average Bonchev–Trinajstić information content (AvgIpc) is 3.20. The third kappa shape index (κ3) is 4.34. The minimum absolute atomic E-state index is 0.0368. The van der Waals surface area contributed by atoms with Gasteiger partial charge in [0, 0.05) is 25.1 Å². The van der Waals surface area contributed by atoms with E-state index in [9.17, 15) is 29.6 Å². The molecule has 3 amide bonds. The third-order valence-corrected chi connectivity index (χ3v) is 6.13. The van der Waals surface area contributed by atoms with Crippen LogP contribution < -0.4 is 0 Å². The van der Waals surface area contributed by atoms with Crippen LogP contribution in [0.3, 0.4) is 0 Å². The number of nitro groups is 1. The first-order valence-electron chi connectivity index (χ1n) is 10.1. The summed E-state index contributed by atoms with van der Waals surface area (Å²) < 4.78 is -0.825. The molecule has 0 aliphatic carbocycles. The summed E-state index contributed by atoms with van der Waals surface area (Å²) in [6.07, 6.45) is 0.484. The van der Waals surface area contributed by atoms with Gasteiger partial charge in [0.15, 0.2) is 0 Å².